The quantitative estimate of drug-likeness (QED) is 0.825. The zero-order valence-electron chi connectivity index (χ0n) is 14.3. The monoisotopic (exact) mass is 342 g/mol. The maximum atomic E-state index is 14.0. The van der Waals surface area contributed by atoms with Crippen LogP contribution in [0.2, 0.25) is 0 Å². The Morgan fingerprint density at radius 2 is 1.76 bits per heavy atom. The zero-order chi connectivity index (χ0) is 17.6. The highest BCUT2D eigenvalue weighted by Crippen LogP contribution is 2.28. The molecule has 0 bridgehead atoms. The van der Waals surface area contributed by atoms with Crippen molar-refractivity contribution < 1.29 is 19.0 Å². The summed E-state index contributed by atoms with van der Waals surface area (Å²) in [7, 11) is 0. The third-order valence-corrected chi connectivity index (χ3v) is 4.34. The minimum Gasteiger partial charge on any atom is -0.396 e. The van der Waals surface area contributed by atoms with Gasteiger partial charge in [-0.1, -0.05) is 48.6 Å². The summed E-state index contributed by atoms with van der Waals surface area (Å²) in [6.45, 7) is 3.23. The largest absolute Gasteiger partial charge is 0.396 e. The van der Waals surface area contributed by atoms with E-state index in [4.69, 9.17) is 14.6 Å². The van der Waals surface area contributed by atoms with Crippen LogP contribution in [0.1, 0.15) is 24.3 Å². The lowest BCUT2D eigenvalue weighted by Gasteiger charge is -2.28. The molecule has 2 aromatic carbocycles. The van der Waals surface area contributed by atoms with Crippen LogP contribution in [-0.2, 0) is 15.9 Å². The van der Waals surface area contributed by atoms with E-state index >= 15 is 0 Å². The number of allylic oxidation sites excluding steroid dienone is 1. The second-order valence-corrected chi connectivity index (χ2v) is 6.19. The standard InChI is InChI=1S/C21H23FO3/c1-2-3-15-13-24-21(25-14-15)18-7-4-16(5-8-18)19-9-6-17(10-11-23)20(22)12-19/h2-9,12,15,21,23H,10-11,13-14H2,1H3/b3-2+. The van der Waals surface area contributed by atoms with E-state index in [0.717, 1.165) is 16.7 Å². The molecule has 3 rings (SSSR count). The summed E-state index contributed by atoms with van der Waals surface area (Å²) in [5, 5.41) is 8.94. The third-order valence-electron chi connectivity index (χ3n) is 4.34. The second kappa shape index (κ2) is 8.39. The lowest BCUT2D eigenvalue weighted by Crippen LogP contribution is -2.25. The number of benzene rings is 2. The van der Waals surface area contributed by atoms with Crippen LogP contribution in [0.5, 0.6) is 0 Å². The van der Waals surface area contributed by atoms with Crippen molar-refractivity contribution in [1.29, 1.82) is 0 Å². The molecule has 0 spiro atoms. The van der Waals surface area contributed by atoms with Gasteiger partial charge >= 0.3 is 0 Å². The molecule has 1 fully saturated rings. The fourth-order valence-electron chi connectivity index (χ4n) is 2.98. The first-order valence-electron chi connectivity index (χ1n) is 8.57. The first kappa shape index (κ1) is 17.8. The van der Waals surface area contributed by atoms with Gasteiger partial charge in [0, 0.05) is 18.1 Å². The molecule has 0 aromatic heterocycles. The molecule has 0 atom stereocenters. The molecule has 0 unspecified atom stereocenters. The Balaban J connectivity index is 1.69. The van der Waals surface area contributed by atoms with Crippen molar-refractivity contribution in [2.45, 2.75) is 19.6 Å². The predicted molar refractivity (Wildman–Crippen MR) is 95.6 cm³/mol. The van der Waals surface area contributed by atoms with Crippen molar-refractivity contribution in [3.63, 3.8) is 0 Å². The van der Waals surface area contributed by atoms with Crippen molar-refractivity contribution >= 4 is 0 Å². The van der Waals surface area contributed by atoms with Gasteiger partial charge in [0.05, 0.1) is 13.2 Å². The van der Waals surface area contributed by atoms with Gasteiger partial charge in [-0.15, -0.1) is 0 Å². The summed E-state index contributed by atoms with van der Waals surface area (Å²) in [5.74, 6) is 0.0190. The minimum atomic E-state index is -0.348. The SMILES string of the molecule is C/C=C/C1COC(c2ccc(-c3ccc(CCO)c(F)c3)cc2)OC1. The van der Waals surface area contributed by atoms with E-state index in [9.17, 15) is 4.39 Å². The molecule has 1 saturated heterocycles. The van der Waals surface area contributed by atoms with Crippen LogP contribution < -0.4 is 0 Å². The smallest absolute Gasteiger partial charge is 0.183 e. The van der Waals surface area contributed by atoms with E-state index in [1.807, 2.05) is 43.3 Å². The van der Waals surface area contributed by atoms with E-state index in [0.29, 0.717) is 31.1 Å². The van der Waals surface area contributed by atoms with Crippen molar-refractivity contribution in [3.05, 3.63) is 71.6 Å². The molecule has 4 heteroatoms. The maximum absolute atomic E-state index is 14.0. The Kier molecular flexibility index (Phi) is 5.97. The van der Waals surface area contributed by atoms with E-state index in [-0.39, 0.29) is 18.7 Å². The fourth-order valence-corrected chi connectivity index (χ4v) is 2.98. The molecule has 0 aliphatic carbocycles. The van der Waals surface area contributed by atoms with Crippen LogP contribution in [0, 0.1) is 11.7 Å². The highest BCUT2D eigenvalue weighted by molar-refractivity contribution is 5.64. The van der Waals surface area contributed by atoms with Crippen LogP contribution >= 0.6 is 0 Å². The minimum absolute atomic E-state index is 0.0543. The molecule has 25 heavy (non-hydrogen) atoms. The Morgan fingerprint density at radius 1 is 1.08 bits per heavy atom. The van der Waals surface area contributed by atoms with E-state index in [2.05, 4.69) is 6.08 Å². The first-order chi connectivity index (χ1) is 12.2. The summed E-state index contributed by atoms with van der Waals surface area (Å²) < 4.78 is 25.6. The van der Waals surface area contributed by atoms with Gasteiger partial charge in [0.15, 0.2) is 6.29 Å². The van der Waals surface area contributed by atoms with Crippen LogP contribution in [-0.4, -0.2) is 24.9 Å². The molecule has 0 amide bonds. The molecule has 0 saturated carbocycles. The van der Waals surface area contributed by atoms with Gasteiger partial charge in [-0.25, -0.2) is 4.39 Å². The molecule has 3 nitrogen and oxygen atoms in total. The van der Waals surface area contributed by atoms with Gasteiger partial charge in [-0.2, -0.15) is 0 Å². The molecular formula is C21H23FO3. The molecule has 132 valence electrons. The van der Waals surface area contributed by atoms with Crippen molar-refractivity contribution in [1.82, 2.24) is 0 Å². The van der Waals surface area contributed by atoms with E-state index in [1.54, 1.807) is 6.07 Å². The summed E-state index contributed by atoms with van der Waals surface area (Å²) >= 11 is 0. The number of halogens is 1. The number of aliphatic hydroxyl groups is 1. The molecule has 1 N–H and O–H groups in total. The second-order valence-electron chi connectivity index (χ2n) is 6.19. The van der Waals surface area contributed by atoms with E-state index in [1.165, 1.54) is 6.07 Å². The molecule has 1 aliphatic rings. The average molecular weight is 342 g/mol. The van der Waals surface area contributed by atoms with Gasteiger partial charge in [-0.3, -0.25) is 0 Å². The Bertz CT molecular complexity index is 716. The maximum Gasteiger partial charge on any atom is 0.183 e. The van der Waals surface area contributed by atoms with Gasteiger partial charge in [0.2, 0.25) is 0 Å². The third kappa shape index (κ3) is 4.34. The van der Waals surface area contributed by atoms with Gasteiger partial charge in [-0.05, 0) is 36.1 Å². The van der Waals surface area contributed by atoms with Crippen molar-refractivity contribution in [2.75, 3.05) is 19.8 Å². The lowest BCUT2D eigenvalue weighted by atomic mass is 10.0. The predicted octanol–water partition coefficient (Wildman–Crippen LogP) is 4.27. The number of hydrogen-bond acceptors (Lipinski definition) is 3. The first-order valence-corrected chi connectivity index (χ1v) is 8.57. The van der Waals surface area contributed by atoms with Crippen LogP contribution in [0.4, 0.5) is 4.39 Å². The molecule has 0 radical (unpaired) electrons. The van der Waals surface area contributed by atoms with E-state index < -0.39 is 0 Å². The number of hydrogen-bond donors (Lipinski definition) is 1. The van der Waals surface area contributed by atoms with Crippen LogP contribution in [0.3, 0.4) is 0 Å². The van der Waals surface area contributed by atoms with Gasteiger partial charge in [0.1, 0.15) is 5.82 Å². The van der Waals surface area contributed by atoms with Crippen molar-refractivity contribution in [2.24, 2.45) is 5.92 Å². The Morgan fingerprint density at radius 3 is 2.36 bits per heavy atom. The average Bonchev–Trinajstić information content (AvgIpc) is 2.65. The zero-order valence-corrected chi connectivity index (χ0v) is 14.3. The highest BCUT2D eigenvalue weighted by Gasteiger charge is 2.21. The number of aliphatic hydroxyl groups excluding tert-OH is 1. The van der Waals surface area contributed by atoms with Crippen molar-refractivity contribution in [3.8, 4) is 11.1 Å². The molecular weight excluding hydrogens is 319 g/mol. The topological polar surface area (TPSA) is 38.7 Å². The molecule has 1 aliphatic heterocycles. The lowest BCUT2D eigenvalue weighted by molar-refractivity contribution is -0.197. The van der Waals surface area contributed by atoms with Crippen LogP contribution in [0.25, 0.3) is 11.1 Å². The summed E-state index contributed by atoms with van der Waals surface area (Å²) in [6.07, 6.45) is 4.08. The Hall–Kier alpha value is -2.01. The van der Waals surface area contributed by atoms with Gasteiger partial charge in [0.25, 0.3) is 0 Å². The summed E-state index contributed by atoms with van der Waals surface area (Å²) in [6, 6.07) is 12.9. The molecule has 1 heterocycles. The normalized spacial score (nSPS) is 20.9. The highest BCUT2D eigenvalue weighted by atomic mass is 19.1. The van der Waals surface area contributed by atoms with Crippen LogP contribution in [0.15, 0.2) is 54.6 Å². The number of rotatable bonds is 5. The molecule has 2 aromatic rings. The van der Waals surface area contributed by atoms with Gasteiger partial charge < -0.3 is 14.6 Å². The fraction of sp³-hybridized carbons (Fsp3) is 0.333. The summed E-state index contributed by atoms with van der Waals surface area (Å²) in [5.41, 5.74) is 3.23. The Labute approximate surface area is 147 Å². The number of ether oxygens (including phenoxy) is 2. The summed E-state index contributed by atoms with van der Waals surface area (Å²) in [4.78, 5) is 0.